The van der Waals surface area contributed by atoms with E-state index in [-0.39, 0.29) is 31.0 Å². The van der Waals surface area contributed by atoms with Crippen molar-refractivity contribution >= 4 is 35.5 Å². The number of carboxylic acids is 2. The maximum absolute atomic E-state index is 10.1. The van der Waals surface area contributed by atoms with Gasteiger partial charge in [-0.15, -0.1) is 0 Å². The number of carboxylic acid groups (broad SMARTS) is 2. The van der Waals surface area contributed by atoms with Crippen molar-refractivity contribution in [3.63, 3.8) is 0 Å². The van der Waals surface area contributed by atoms with Gasteiger partial charge in [-0.1, -0.05) is 104 Å². The van der Waals surface area contributed by atoms with Crippen molar-refractivity contribution in [3.8, 4) is 0 Å². The van der Waals surface area contributed by atoms with Gasteiger partial charge < -0.3 is 19.8 Å². The third kappa shape index (κ3) is 41.1. The van der Waals surface area contributed by atoms with E-state index < -0.39 is 11.9 Å². The molecule has 0 heterocycles. The van der Waals surface area contributed by atoms with Crippen LogP contribution < -0.4 is 10.2 Å². The molecule has 180 valence electrons. The minimum absolute atomic E-state index is 0. The standard InChI is InChI=1S/2C12H24O2S.Zn/c2*1-2-3-4-5-6-7-8-9-10-15-11-12(13)14;/h2*2-11H2,1H3,(H,13,14);/q;;+2/p-2. The zero-order valence-corrected chi connectivity index (χ0v) is 24.9. The molecule has 0 unspecified atom stereocenters. The SMILES string of the molecule is CCCCCCCCCCSCC(=O)[O-].CCCCCCCCCCSCC(=O)[O-].[Zn+2]. The molecule has 4 nitrogen and oxygen atoms in total. The van der Waals surface area contributed by atoms with E-state index in [0.29, 0.717) is 0 Å². The second-order valence-corrected chi connectivity index (χ2v) is 10.0. The molecule has 0 rings (SSSR count). The number of rotatable bonds is 22. The van der Waals surface area contributed by atoms with Crippen molar-refractivity contribution in [2.24, 2.45) is 0 Å². The first kappa shape index (κ1) is 35.8. The minimum Gasteiger partial charge on any atom is -0.549 e. The fourth-order valence-corrected chi connectivity index (χ4v) is 4.43. The van der Waals surface area contributed by atoms with E-state index in [4.69, 9.17) is 0 Å². The summed E-state index contributed by atoms with van der Waals surface area (Å²) < 4.78 is 0. The fourth-order valence-electron chi connectivity index (χ4n) is 2.99. The third-order valence-electron chi connectivity index (χ3n) is 4.72. The molecule has 0 N–H and O–H groups in total. The van der Waals surface area contributed by atoms with Gasteiger partial charge in [0, 0.05) is 11.5 Å². The topological polar surface area (TPSA) is 80.3 Å². The van der Waals surface area contributed by atoms with Crippen LogP contribution in [0.15, 0.2) is 0 Å². The van der Waals surface area contributed by atoms with E-state index in [1.54, 1.807) is 0 Å². The van der Waals surface area contributed by atoms with Gasteiger partial charge in [0.2, 0.25) is 0 Å². The zero-order valence-electron chi connectivity index (χ0n) is 20.3. The first-order valence-corrected chi connectivity index (χ1v) is 14.4. The Morgan fingerprint density at radius 2 is 0.774 bits per heavy atom. The molecule has 0 bridgehead atoms. The smallest absolute Gasteiger partial charge is 0.549 e. The molecule has 0 aliphatic heterocycles. The largest absolute Gasteiger partial charge is 2.00 e. The molecular weight excluding hydrogens is 482 g/mol. The number of hydrogen-bond acceptors (Lipinski definition) is 6. The van der Waals surface area contributed by atoms with Gasteiger partial charge >= 0.3 is 19.5 Å². The van der Waals surface area contributed by atoms with E-state index in [2.05, 4.69) is 13.8 Å². The molecule has 0 aliphatic rings. The van der Waals surface area contributed by atoms with Crippen LogP contribution in [0.3, 0.4) is 0 Å². The van der Waals surface area contributed by atoms with Crippen molar-refractivity contribution in [2.45, 2.75) is 117 Å². The molecule has 0 atom stereocenters. The molecule has 0 saturated carbocycles. The summed E-state index contributed by atoms with van der Waals surface area (Å²) in [5, 5.41) is 20.2. The normalized spacial score (nSPS) is 10.1. The van der Waals surface area contributed by atoms with Gasteiger partial charge in [0.15, 0.2) is 0 Å². The predicted molar refractivity (Wildman–Crippen MR) is 130 cm³/mol. The molecule has 0 fully saturated rings. The average Bonchev–Trinajstić information content (AvgIpc) is 2.71. The summed E-state index contributed by atoms with van der Waals surface area (Å²) in [4.78, 5) is 20.2. The summed E-state index contributed by atoms with van der Waals surface area (Å²) in [6, 6.07) is 0. The second kappa shape index (κ2) is 32.4. The molecular formula is C24H46O4S2Zn. The van der Waals surface area contributed by atoms with Crippen molar-refractivity contribution < 1.29 is 39.3 Å². The summed E-state index contributed by atoms with van der Waals surface area (Å²) in [6.45, 7) is 4.46. The third-order valence-corrected chi connectivity index (χ3v) is 6.76. The molecule has 7 heteroatoms. The number of carbonyl (C=O) groups excluding carboxylic acids is 2. The number of unbranched alkanes of at least 4 members (excludes halogenated alkanes) is 14. The predicted octanol–water partition coefficient (Wildman–Crippen LogP) is 5.22. The summed E-state index contributed by atoms with van der Waals surface area (Å²) in [5.41, 5.74) is 0. The number of carbonyl (C=O) groups is 2. The quantitative estimate of drug-likeness (QED) is 0.142. The Bertz CT molecular complexity index is 337. The Morgan fingerprint density at radius 3 is 1.03 bits per heavy atom. The number of thioether (sulfide) groups is 2. The molecule has 0 aromatic heterocycles. The van der Waals surface area contributed by atoms with Crippen LogP contribution in [0.25, 0.3) is 0 Å². The molecule has 0 aromatic rings. The van der Waals surface area contributed by atoms with Crippen LogP contribution in [0, 0.1) is 0 Å². The van der Waals surface area contributed by atoms with Crippen molar-refractivity contribution in [1.82, 2.24) is 0 Å². The molecule has 0 aliphatic carbocycles. The van der Waals surface area contributed by atoms with Gasteiger partial charge in [-0.05, 0) is 24.3 Å². The van der Waals surface area contributed by atoms with E-state index in [1.807, 2.05) is 0 Å². The molecule has 0 saturated heterocycles. The zero-order chi connectivity index (χ0) is 22.7. The summed E-state index contributed by atoms with van der Waals surface area (Å²) in [7, 11) is 0. The summed E-state index contributed by atoms with van der Waals surface area (Å²) >= 11 is 2.94. The van der Waals surface area contributed by atoms with Gasteiger partial charge in [-0.2, -0.15) is 23.5 Å². The maximum Gasteiger partial charge on any atom is 2.00 e. The van der Waals surface area contributed by atoms with Crippen LogP contribution in [-0.4, -0.2) is 35.0 Å². The van der Waals surface area contributed by atoms with Gasteiger partial charge in [-0.25, -0.2) is 0 Å². The first-order valence-electron chi connectivity index (χ1n) is 12.1. The summed E-state index contributed by atoms with van der Waals surface area (Å²) in [5.74, 6) is 0.331. The Hall–Kier alpha value is 0.263. The molecule has 31 heavy (non-hydrogen) atoms. The fraction of sp³-hybridized carbons (Fsp3) is 0.917. The first-order chi connectivity index (χ1) is 14.5. The van der Waals surface area contributed by atoms with Crippen molar-refractivity contribution in [2.75, 3.05) is 23.0 Å². The van der Waals surface area contributed by atoms with Crippen molar-refractivity contribution in [1.29, 1.82) is 0 Å². The van der Waals surface area contributed by atoms with Gasteiger partial charge in [0.05, 0.1) is 11.9 Å². The Labute approximate surface area is 213 Å². The Kier molecular flexibility index (Phi) is 37.5. The van der Waals surface area contributed by atoms with Crippen molar-refractivity contribution in [3.05, 3.63) is 0 Å². The maximum atomic E-state index is 10.1. The van der Waals surface area contributed by atoms with E-state index in [0.717, 1.165) is 24.3 Å². The minimum atomic E-state index is -0.945. The average molecular weight is 528 g/mol. The second-order valence-electron chi connectivity index (χ2n) is 7.80. The number of hydrogen-bond donors (Lipinski definition) is 0. The van der Waals surface area contributed by atoms with Crippen LogP contribution in [0.2, 0.25) is 0 Å². The molecule has 0 amide bonds. The monoisotopic (exact) mass is 526 g/mol. The van der Waals surface area contributed by atoms with E-state index in [9.17, 15) is 19.8 Å². The van der Waals surface area contributed by atoms with Crippen LogP contribution in [0.4, 0.5) is 0 Å². The Morgan fingerprint density at radius 1 is 0.516 bits per heavy atom. The molecule has 0 radical (unpaired) electrons. The van der Waals surface area contributed by atoms with Gasteiger partial charge in [0.25, 0.3) is 0 Å². The van der Waals surface area contributed by atoms with Gasteiger partial charge in [0.1, 0.15) is 0 Å². The van der Waals surface area contributed by atoms with E-state index in [1.165, 1.54) is 113 Å². The molecule has 0 spiro atoms. The molecule has 0 aromatic carbocycles. The summed E-state index contributed by atoms with van der Waals surface area (Å²) in [6.07, 6.45) is 20.9. The number of aliphatic carboxylic acids is 2. The van der Waals surface area contributed by atoms with Crippen LogP contribution in [0.5, 0.6) is 0 Å². The van der Waals surface area contributed by atoms with E-state index >= 15 is 0 Å². The van der Waals surface area contributed by atoms with Crippen LogP contribution in [0.1, 0.15) is 117 Å². The van der Waals surface area contributed by atoms with Gasteiger partial charge in [-0.3, -0.25) is 0 Å². The van der Waals surface area contributed by atoms with Crippen LogP contribution >= 0.6 is 23.5 Å². The van der Waals surface area contributed by atoms with Crippen LogP contribution in [-0.2, 0) is 29.1 Å². The Balaban J connectivity index is -0.000000490.